The van der Waals surface area contributed by atoms with Crippen molar-refractivity contribution in [2.75, 3.05) is 13.2 Å². The van der Waals surface area contributed by atoms with Gasteiger partial charge in [-0.15, -0.1) is 0 Å². The summed E-state index contributed by atoms with van der Waals surface area (Å²) in [5, 5.41) is 64.6. The third-order valence-corrected chi connectivity index (χ3v) is 10.8. The van der Waals surface area contributed by atoms with Crippen molar-refractivity contribution in [3.63, 3.8) is 0 Å². The van der Waals surface area contributed by atoms with Gasteiger partial charge in [-0.2, -0.15) is 0 Å². The lowest BCUT2D eigenvalue weighted by Crippen LogP contribution is -2.60. The van der Waals surface area contributed by atoms with Crippen LogP contribution in [0.2, 0.25) is 0 Å². The van der Waals surface area contributed by atoms with Crippen molar-refractivity contribution < 1.29 is 44.9 Å². The van der Waals surface area contributed by atoms with Crippen molar-refractivity contribution in [3.8, 4) is 0 Å². The fraction of sp³-hybridized carbons (Fsp3) is 0.848. The van der Waals surface area contributed by atoms with Gasteiger partial charge < -0.3 is 45.4 Å². The van der Waals surface area contributed by atoms with Crippen molar-refractivity contribution in [2.24, 2.45) is 0 Å². The van der Waals surface area contributed by atoms with Gasteiger partial charge in [-0.25, -0.2) is 0 Å². The monoisotopic (exact) mass is 796 g/mol. The van der Waals surface area contributed by atoms with E-state index in [0.29, 0.717) is 12.8 Å². The van der Waals surface area contributed by atoms with Crippen LogP contribution in [0.4, 0.5) is 0 Å². The van der Waals surface area contributed by atoms with Gasteiger partial charge in [-0.05, 0) is 44.9 Å². The van der Waals surface area contributed by atoms with Crippen LogP contribution < -0.4 is 5.32 Å². The number of unbranched alkanes of at least 4 members (excludes halogenated alkanes) is 23. The molecule has 0 radical (unpaired) electrons. The van der Waals surface area contributed by atoms with Crippen LogP contribution >= 0.6 is 0 Å². The Morgan fingerprint density at radius 3 is 1.59 bits per heavy atom. The average Bonchev–Trinajstić information content (AvgIpc) is 3.20. The van der Waals surface area contributed by atoms with E-state index in [1.807, 2.05) is 6.08 Å². The van der Waals surface area contributed by atoms with Crippen molar-refractivity contribution in [1.82, 2.24) is 5.32 Å². The van der Waals surface area contributed by atoms with E-state index in [4.69, 9.17) is 9.47 Å². The van der Waals surface area contributed by atoms with E-state index in [2.05, 4.69) is 43.5 Å². The van der Waals surface area contributed by atoms with Crippen LogP contribution in [0.1, 0.15) is 187 Å². The molecule has 1 heterocycles. The van der Waals surface area contributed by atoms with E-state index in [-0.39, 0.29) is 6.61 Å². The molecule has 0 bridgehead atoms. The Balaban J connectivity index is 2.45. The maximum atomic E-state index is 13.0. The molecule has 1 aliphatic rings. The third-order valence-electron chi connectivity index (χ3n) is 10.8. The topological polar surface area (TPSA) is 169 Å². The highest BCUT2D eigenvalue weighted by Crippen LogP contribution is 2.22. The maximum absolute atomic E-state index is 13.0. The Kier molecular flexibility index (Phi) is 34.1. The van der Waals surface area contributed by atoms with Crippen LogP contribution in [0.3, 0.4) is 0 Å². The van der Waals surface area contributed by atoms with Crippen molar-refractivity contribution in [1.29, 1.82) is 0 Å². The van der Waals surface area contributed by atoms with Crippen LogP contribution in [0.15, 0.2) is 36.5 Å². The summed E-state index contributed by atoms with van der Waals surface area (Å²) in [7, 11) is 0. The largest absolute Gasteiger partial charge is 0.394 e. The van der Waals surface area contributed by atoms with Gasteiger partial charge in [0, 0.05) is 0 Å². The number of hydrogen-bond acceptors (Lipinski definition) is 9. The zero-order chi connectivity index (χ0) is 41.1. The molecule has 0 spiro atoms. The normalized spacial score (nSPS) is 22.0. The highest BCUT2D eigenvalue weighted by atomic mass is 16.7. The number of nitrogens with one attached hydrogen (secondary N) is 1. The number of hydrogen-bond donors (Lipinski definition) is 7. The highest BCUT2D eigenvalue weighted by molar-refractivity contribution is 5.80. The minimum atomic E-state index is -1.61. The number of aliphatic hydroxyl groups excluding tert-OH is 6. The quantitative estimate of drug-likeness (QED) is 0.0186. The molecule has 0 aliphatic carbocycles. The van der Waals surface area contributed by atoms with E-state index in [9.17, 15) is 35.4 Å². The molecule has 7 N–H and O–H groups in total. The zero-order valence-corrected chi connectivity index (χ0v) is 35.5. The predicted octanol–water partition coefficient (Wildman–Crippen LogP) is 8.25. The molecule has 10 heteroatoms. The van der Waals surface area contributed by atoms with Crippen LogP contribution in [0.25, 0.3) is 0 Å². The lowest BCUT2D eigenvalue weighted by molar-refractivity contribution is -0.302. The lowest BCUT2D eigenvalue weighted by atomic mass is 9.99. The SMILES string of the molecule is CCCCC/C=C\C=C/CCCCCCCC(O)C(=O)NC(COC1OC(CO)C(O)C(O)C1O)C(O)/C=C/CCCCCCCCCCCCCCCCC. The molecule has 1 fully saturated rings. The molecule has 8 unspecified atom stereocenters. The average molecular weight is 796 g/mol. The zero-order valence-electron chi connectivity index (χ0n) is 35.5. The fourth-order valence-electron chi connectivity index (χ4n) is 7.03. The second-order valence-corrected chi connectivity index (χ2v) is 16.0. The summed E-state index contributed by atoms with van der Waals surface area (Å²) < 4.78 is 11.1. The molecule has 8 atom stereocenters. The predicted molar refractivity (Wildman–Crippen MR) is 227 cm³/mol. The summed E-state index contributed by atoms with van der Waals surface area (Å²) in [5.41, 5.74) is 0. The van der Waals surface area contributed by atoms with E-state index in [1.165, 1.54) is 103 Å². The van der Waals surface area contributed by atoms with Gasteiger partial charge in [0.1, 0.15) is 30.5 Å². The number of aliphatic hydroxyl groups is 6. The Hall–Kier alpha value is -1.63. The molecular weight excluding hydrogens is 711 g/mol. The minimum Gasteiger partial charge on any atom is -0.394 e. The summed E-state index contributed by atoms with van der Waals surface area (Å²) in [6.07, 6.45) is 33.6. The summed E-state index contributed by atoms with van der Waals surface area (Å²) in [6.45, 7) is 3.56. The number of rotatable bonds is 37. The molecule has 56 heavy (non-hydrogen) atoms. The number of ether oxygens (including phenoxy) is 2. The molecule has 1 aliphatic heterocycles. The summed E-state index contributed by atoms with van der Waals surface area (Å²) in [5.74, 6) is -0.629. The van der Waals surface area contributed by atoms with E-state index >= 15 is 0 Å². The van der Waals surface area contributed by atoms with Gasteiger partial charge in [0.05, 0.1) is 25.4 Å². The maximum Gasteiger partial charge on any atom is 0.249 e. The van der Waals surface area contributed by atoms with Gasteiger partial charge in [0.25, 0.3) is 0 Å². The van der Waals surface area contributed by atoms with E-state index in [0.717, 1.165) is 57.8 Å². The molecule has 1 rings (SSSR count). The van der Waals surface area contributed by atoms with E-state index < -0.39 is 61.5 Å². The number of carbonyl (C=O) groups excluding carboxylic acids is 1. The first-order valence-corrected chi connectivity index (χ1v) is 22.8. The van der Waals surface area contributed by atoms with Gasteiger partial charge >= 0.3 is 0 Å². The second-order valence-electron chi connectivity index (χ2n) is 16.0. The van der Waals surface area contributed by atoms with Gasteiger partial charge in [0.2, 0.25) is 5.91 Å². The minimum absolute atomic E-state index is 0.292. The van der Waals surface area contributed by atoms with Gasteiger partial charge in [-0.3, -0.25) is 4.79 Å². The first-order valence-electron chi connectivity index (χ1n) is 22.8. The van der Waals surface area contributed by atoms with Gasteiger partial charge in [0.15, 0.2) is 6.29 Å². The van der Waals surface area contributed by atoms with Crippen LogP contribution in [-0.2, 0) is 14.3 Å². The molecule has 1 amide bonds. The molecule has 0 aromatic rings. The van der Waals surface area contributed by atoms with Crippen molar-refractivity contribution in [2.45, 2.75) is 236 Å². The standard InChI is InChI=1S/C46H85NO9/c1-3-5-7-9-11-13-15-17-19-20-21-23-24-26-28-30-32-34-39(49)38(37-55-46-44(53)43(52)42(51)41(36-48)56-46)47-45(54)40(50)35-33-31-29-27-25-22-18-16-14-12-10-8-6-4-2/h12,14,16,18,32,34,38-44,46,48-53H,3-11,13,15,17,19-31,33,35-37H2,1-2H3,(H,47,54)/b14-12-,18-16-,34-32+. The Labute approximate surface area is 341 Å². The smallest absolute Gasteiger partial charge is 0.249 e. The lowest BCUT2D eigenvalue weighted by Gasteiger charge is -2.40. The molecule has 0 aromatic heterocycles. The molecule has 0 saturated carbocycles. The van der Waals surface area contributed by atoms with Crippen molar-refractivity contribution in [3.05, 3.63) is 36.5 Å². The Morgan fingerprint density at radius 1 is 0.625 bits per heavy atom. The molecule has 10 nitrogen and oxygen atoms in total. The van der Waals surface area contributed by atoms with Crippen molar-refractivity contribution >= 4 is 5.91 Å². The van der Waals surface area contributed by atoms with Crippen LogP contribution in [-0.4, -0.2) is 98.7 Å². The number of amides is 1. The molecule has 328 valence electrons. The summed E-state index contributed by atoms with van der Waals surface area (Å²) >= 11 is 0. The number of allylic oxidation sites excluding steroid dienone is 5. The molecular formula is C46H85NO9. The van der Waals surface area contributed by atoms with Crippen LogP contribution in [0.5, 0.6) is 0 Å². The van der Waals surface area contributed by atoms with Gasteiger partial charge in [-0.1, -0.05) is 179 Å². The summed E-state index contributed by atoms with van der Waals surface area (Å²) in [4.78, 5) is 13.0. The number of carbonyl (C=O) groups is 1. The Morgan fingerprint density at radius 2 is 1.07 bits per heavy atom. The highest BCUT2D eigenvalue weighted by Gasteiger charge is 2.44. The van der Waals surface area contributed by atoms with Crippen LogP contribution in [0, 0.1) is 0 Å². The van der Waals surface area contributed by atoms with E-state index in [1.54, 1.807) is 6.08 Å². The molecule has 0 aromatic carbocycles. The first-order chi connectivity index (χ1) is 27.3. The fourth-order valence-corrected chi connectivity index (χ4v) is 7.03. The Bertz CT molecular complexity index is 990. The second kappa shape index (κ2) is 36.4. The summed E-state index contributed by atoms with van der Waals surface area (Å²) in [6, 6.07) is -0.985. The molecule has 1 saturated heterocycles. The first kappa shape index (κ1) is 52.4. The third kappa shape index (κ3) is 26.4.